The molecule has 0 bridgehead atoms. The lowest BCUT2D eigenvalue weighted by Crippen LogP contribution is -2.34. The molecular formula is C18H18F2N2O4S. The molecular weight excluding hydrogens is 378 g/mol. The number of rotatable bonds is 6. The Bertz CT molecular complexity index is 927. The van der Waals surface area contributed by atoms with Crippen LogP contribution in [0, 0.1) is 6.92 Å². The molecule has 0 aliphatic carbocycles. The van der Waals surface area contributed by atoms with Gasteiger partial charge in [-0.3, -0.25) is 9.59 Å². The number of hydrogen-bond acceptors (Lipinski definition) is 4. The molecule has 0 unspecified atom stereocenters. The van der Waals surface area contributed by atoms with Gasteiger partial charge in [-0.1, -0.05) is 17.7 Å². The summed E-state index contributed by atoms with van der Waals surface area (Å²) in [4.78, 5) is 24.9. The fourth-order valence-electron chi connectivity index (χ4n) is 2.24. The minimum Gasteiger partial charge on any atom is -0.332 e. The summed E-state index contributed by atoms with van der Waals surface area (Å²) < 4.78 is 47.8. The summed E-state index contributed by atoms with van der Waals surface area (Å²) in [6.45, 7) is 1.68. The van der Waals surface area contributed by atoms with E-state index in [4.69, 9.17) is 0 Å². The summed E-state index contributed by atoms with van der Waals surface area (Å²) >= 11 is 0. The van der Waals surface area contributed by atoms with E-state index in [1.54, 1.807) is 12.1 Å². The molecule has 0 heterocycles. The third-order valence-electron chi connectivity index (χ3n) is 3.73. The number of benzene rings is 2. The van der Waals surface area contributed by atoms with Gasteiger partial charge in [0.25, 0.3) is 5.91 Å². The highest BCUT2D eigenvalue weighted by molar-refractivity contribution is 7.91. The highest BCUT2D eigenvalue weighted by Gasteiger charge is 2.26. The molecule has 27 heavy (non-hydrogen) atoms. The van der Waals surface area contributed by atoms with Crippen LogP contribution in [0.1, 0.15) is 15.9 Å². The number of anilines is 1. The second-order valence-corrected chi connectivity index (χ2v) is 7.82. The molecule has 2 rings (SSSR count). The van der Waals surface area contributed by atoms with Crippen LogP contribution in [-0.2, 0) is 14.6 Å². The molecule has 0 aliphatic heterocycles. The van der Waals surface area contributed by atoms with Crippen molar-refractivity contribution in [3.8, 4) is 0 Å². The zero-order valence-electron chi connectivity index (χ0n) is 14.6. The Hall–Kier alpha value is -2.81. The molecule has 0 saturated heterocycles. The average molecular weight is 396 g/mol. The highest BCUT2D eigenvalue weighted by atomic mass is 32.2. The van der Waals surface area contributed by atoms with Crippen molar-refractivity contribution in [1.82, 2.24) is 4.90 Å². The third-order valence-corrected chi connectivity index (χ3v) is 5.13. The number of carbonyl (C=O) groups excluding carboxylic acids is 2. The maximum atomic E-state index is 12.5. The van der Waals surface area contributed by atoms with Crippen LogP contribution in [0.15, 0.2) is 53.4 Å². The normalized spacial score (nSPS) is 11.3. The summed E-state index contributed by atoms with van der Waals surface area (Å²) in [5.74, 6) is -4.49. The Kier molecular flexibility index (Phi) is 6.27. The molecule has 0 spiro atoms. The first-order valence-electron chi connectivity index (χ1n) is 7.85. The first-order valence-corrected chi connectivity index (χ1v) is 9.40. The Labute approximate surface area is 155 Å². The van der Waals surface area contributed by atoms with Gasteiger partial charge in [0.05, 0.1) is 11.4 Å². The van der Waals surface area contributed by atoms with Crippen molar-refractivity contribution in [2.24, 2.45) is 0 Å². The van der Waals surface area contributed by atoms with Crippen molar-refractivity contribution in [3.05, 3.63) is 59.7 Å². The summed E-state index contributed by atoms with van der Waals surface area (Å²) in [5, 5.41) is 2.65. The maximum Gasteiger partial charge on any atom is 0.341 e. The summed E-state index contributed by atoms with van der Waals surface area (Å²) in [6, 6.07) is 11.3. The lowest BCUT2D eigenvalue weighted by molar-refractivity contribution is -0.116. The van der Waals surface area contributed by atoms with Gasteiger partial charge in [-0.25, -0.2) is 8.42 Å². The molecule has 9 heteroatoms. The van der Waals surface area contributed by atoms with Gasteiger partial charge in [-0.05, 0) is 43.3 Å². The summed E-state index contributed by atoms with van der Waals surface area (Å²) in [5.41, 5.74) is 1.71. The monoisotopic (exact) mass is 396 g/mol. The highest BCUT2D eigenvalue weighted by Crippen LogP contribution is 2.19. The molecule has 0 radical (unpaired) electrons. The van der Waals surface area contributed by atoms with Crippen LogP contribution in [0.3, 0.4) is 0 Å². The van der Waals surface area contributed by atoms with Crippen molar-refractivity contribution in [2.45, 2.75) is 17.6 Å². The fourth-order valence-corrected chi connectivity index (χ4v) is 2.96. The number of nitrogens with zero attached hydrogens (tertiary/aromatic N) is 1. The lowest BCUT2D eigenvalue weighted by Gasteiger charge is -2.17. The molecule has 0 aromatic heterocycles. The van der Waals surface area contributed by atoms with E-state index in [0.717, 1.165) is 34.7 Å². The van der Waals surface area contributed by atoms with E-state index in [2.05, 4.69) is 5.32 Å². The molecule has 144 valence electrons. The lowest BCUT2D eigenvalue weighted by atomic mass is 10.2. The molecule has 0 aliphatic rings. The first-order chi connectivity index (χ1) is 12.6. The standard InChI is InChI=1S/C18H18F2N2O4S/c1-12-3-7-14(8-4-12)21-16(23)11-22(2)17(24)13-5-9-15(10-6-13)27(25,26)18(19)20/h3-10,18H,11H2,1-2H3,(H,21,23). The largest absolute Gasteiger partial charge is 0.341 e. The fraction of sp³-hybridized carbons (Fsp3) is 0.222. The maximum absolute atomic E-state index is 12.5. The molecule has 2 amide bonds. The van der Waals surface area contributed by atoms with E-state index in [1.807, 2.05) is 19.1 Å². The van der Waals surface area contributed by atoms with Gasteiger partial charge < -0.3 is 10.2 Å². The number of carbonyl (C=O) groups is 2. The topological polar surface area (TPSA) is 83.6 Å². The molecule has 0 atom stereocenters. The van der Waals surface area contributed by atoms with Crippen LogP contribution in [0.2, 0.25) is 0 Å². The van der Waals surface area contributed by atoms with Crippen molar-refractivity contribution in [3.63, 3.8) is 0 Å². The van der Waals surface area contributed by atoms with Gasteiger partial charge in [0.2, 0.25) is 15.7 Å². The summed E-state index contributed by atoms with van der Waals surface area (Å²) in [7, 11) is -3.32. The first kappa shape index (κ1) is 20.5. The number of hydrogen-bond donors (Lipinski definition) is 1. The molecule has 1 N–H and O–H groups in total. The van der Waals surface area contributed by atoms with E-state index in [0.29, 0.717) is 5.69 Å². The van der Waals surface area contributed by atoms with Crippen LogP contribution in [-0.4, -0.2) is 44.5 Å². The predicted molar refractivity (Wildman–Crippen MR) is 96.4 cm³/mol. The van der Waals surface area contributed by atoms with Gasteiger partial charge in [-0.2, -0.15) is 8.78 Å². The number of sulfone groups is 1. The van der Waals surface area contributed by atoms with Crippen LogP contribution in [0.5, 0.6) is 0 Å². The van der Waals surface area contributed by atoms with E-state index >= 15 is 0 Å². The van der Waals surface area contributed by atoms with E-state index in [1.165, 1.54) is 7.05 Å². The number of halogens is 2. The van der Waals surface area contributed by atoms with Gasteiger partial charge in [0.1, 0.15) is 0 Å². The molecule has 2 aromatic carbocycles. The Balaban J connectivity index is 2.02. The second-order valence-electron chi connectivity index (χ2n) is 5.91. The van der Waals surface area contributed by atoms with Crippen LogP contribution >= 0.6 is 0 Å². The molecule has 0 saturated carbocycles. The van der Waals surface area contributed by atoms with Gasteiger partial charge in [-0.15, -0.1) is 0 Å². The minimum absolute atomic E-state index is 0.0776. The van der Waals surface area contributed by atoms with Crippen LogP contribution in [0.4, 0.5) is 14.5 Å². The number of nitrogens with one attached hydrogen (secondary N) is 1. The Morgan fingerprint density at radius 2 is 1.59 bits per heavy atom. The van der Waals surface area contributed by atoms with Crippen molar-refractivity contribution in [1.29, 1.82) is 0 Å². The Morgan fingerprint density at radius 3 is 2.11 bits per heavy atom. The van der Waals surface area contributed by atoms with Gasteiger partial charge in [0.15, 0.2) is 0 Å². The second kappa shape index (κ2) is 8.26. The summed E-state index contributed by atoms with van der Waals surface area (Å²) in [6.07, 6.45) is 0. The predicted octanol–water partition coefficient (Wildman–Crippen LogP) is 2.70. The Morgan fingerprint density at radius 1 is 1.04 bits per heavy atom. The van der Waals surface area contributed by atoms with E-state index < -0.39 is 32.3 Å². The van der Waals surface area contributed by atoms with Gasteiger partial charge in [0, 0.05) is 18.3 Å². The van der Waals surface area contributed by atoms with Crippen molar-refractivity contribution >= 4 is 27.3 Å². The van der Waals surface area contributed by atoms with E-state index in [9.17, 15) is 26.8 Å². The molecule has 2 aromatic rings. The quantitative estimate of drug-likeness (QED) is 0.814. The van der Waals surface area contributed by atoms with Crippen LogP contribution < -0.4 is 5.32 Å². The average Bonchev–Trinajstić information content (AvgIpc) is 2.62. The zero-order chi connectivity index (χ0) is 20.2. The third kappa shape index (κ3) is 5.10. The van der Waals surface area contributed by atoms with E-state index in [-0.39, 0.29) is 12.1 Å². The molecule has 6 nitrogen and oxygen atoms in total. The number of alkyl halides is 2. The number of amides is 2. The van der Waals surface area contributed by atoms with Crippen LogP contribution in [0.25, 0.3) is 0 Å². The number of likely N-dealkylation sites (N-methyl/N-ethyl adjacent to an activating group) is 1. The zero-order valence-corrected chi connectivity index (χ0v) is 15.5. The minimum atomic E-state index is -4.72. The SMILES string of the molecule is Cc1ccc(NC(=O)CN(C)C(=O)c2ccc(S(=O)(=O)C(F)F)cc2)cc1. The van der Waals surface area contributed by atoms with Gasteiger partial charge >= 0.3 is 5.76 Å². The van der Waals surface area contributed by atoms with Crippen molar-refractivity contribution in [2.75, 3.05) is 18.9 Å². The number of aryl methyl sites for hydroxylation is 1. The smallest absolute Gasteiger partial charge is 0.332 e. The van der Waals surface area contributed by atoms with Crippen molar-refractivity contribution < 1.29 is 26.8 Å². The molecule has 0 fully saturated rings.